The highest BCUT2D eigenvalue weighted by molar-refractivity contribution is 6.62. The second kappa shape index (κ2) is 8.84. The normalized spacial score (nSPS) is 18.5. The molecule has 5 aromatic carbocycles. The summed E-state index contributed by atoms with van der Waals surface area (Å²) < 4.78 is 19.6. The zero-order chi connectivity index (χ0) is 28.7. The monoisotopic (exact) mass is 549 g/mol. The summed E-state index contributed by atoms with van der Waals surface area (Å²) in [6.07, 6.45) is 0. The Labute approximate surface area is 247 Å². The molecule has 206 valence electrons. The molecule has 4 nitrogen and oxygen atoms in total. The molecule has 0 aliphatic carbocycles. The fourth-order valence-electron chi connectivity index (χ4n) is 6.87. The maximum absolute atomic E-state index is 6.73. The van der Waals surface area contributed by atoms with Gasteiger partial charge in [0, 0.05) is 16.8 Å². The van der Waals surface area contributed by atoms with E-state index < -0.39 is 23.7 Å². The summed E-state index contributed by atoms with van der Waals surface area (Å²) in [5.41, 5.74) is 7.61. The highest BCUT2D eigenvalue weighted by atomic mass is 16.7. The number of benzene rings is 5. The molecule has 0 aromatic heterocycles. The largest absolute Gasteiger partial charge is 0.494 e. The van der Waals surface area contributed by atoms with Gasteiger partial charge in [-0.25, -0.2) is 0 Å². The summed E-state index contributed by atoms with van der Waals surface area (Å²) in [6, 6.07) is 43.1. The Balaban J connectivity index is 1.41. The van der Waals surface area contributed by atoms with E-state index >= 15 is 0 Å². The Morgan fingerprint density at radius 3 is 1.69 bits per heavy atom. The zero-order valence-corrected chi connectivity index (χ0v) is 24.3. The summed E-state index contributed by atoms with van der Waals surface area (Å²) in [7, 11) is -0.475. The first-order chi connectivity index (χ1) is 20.3. The maximum atomic E-state index is 6.73. The lowest BCUT2D eigenvalue weighted by Gasteiger charge is -2.48. The van der Waals surface area contributed by atoms with Gasteiger partial charge in [0.05, 0.1) is 28.0 Å². The molecule has 0 saturated carbocycles. The molecule has 0 N–H and O–H groups in total. The van der Waals surface area contributed by atoms with Crippen LogP contribution in [0.1, 0.15) is 49.9 Å². The number of anilines is 3. The quantitative estimate of drug-likeness (QED) is 0.203. The van der Waals surface area contributed by atoms with Crippen LogP contribution in [0.25, 0.3) is 0 Å². The van der Waals surface area contributed by atoms with Crippen molar-refractivity contribution in [2.45, 2.75) is 44.3 Å². The number of nitrogens with zero attached hydrogens (tertiary/aromatic N) is 1. The molecule has 0 amide bonds. The Kier molecular flexibility index (Phi) is 5.35. The van der Waals surface area contributed by atoms with Gasteiger partial charge in [0.15, 0.2) is 0 Å². The van der Waals surface area contributed by atoms with E-state index in [1.54, 1.807) is 0 Å². The predicted octanol–water partition coefficient (Wildman–Crippen LogP) is 8.26. The van der Waals surface area contributed by atoms with Crippen molar-refractivity contribution in [3.05, 3.63) is 144 Å². The molecule has 3 aliphatic rings. The number of para-hydroxylation sites is 4. The van der Waals surface area contributed by atoms with Gasteiger partial charge in [-0.2, -0.15) is 0 Å². The van der Waals surface area contributed by atoms with Crippen molar-refractivity contribution in [2.75, 3.05) is 4.90 Å². The smallest absolute Gasteiger partial charge is 0.457 e. The highest BCUT2D eigenvalue weighted by Gasteiger charge is 2.54. The van der Waals surface area contributed by atoms with Crippen molar-refractivity contribution in [1.29, 1.82) is 0 Å². The maximum Gasteiger partial charge on any atom is 0.494 e. The Morgan fingerprint density at radius 2 is 1.05 bits per heavy atom. The molecule has 0 unspecified atom stereocenters. The zero-order valence-electron chi connectivity index (χ0n) is 24.3. The van der Waals surface area contributed by atoms with E-state index in [1.165, 1.54) is 11.1 Å². The number of rotatable bonds is 2. The lowest BCUT2D eigenvalue weighted by Crippen LogP contribution is -2.41. The third-order valence-corrected chi connectivity index (χ3v) is 9.56. The third-order valence-electron chi connectivity index (χ3n) is 9.56. The number of ether oxygens (including phenoxy) is 1. The van der Waals surface area contributed by atoms with Crippen LogP contribution in [0.5, 0.6) is 11.5 Å². The summed E-state index contributed by atoms with van der Waals surface area (Å²) in [5, 5.41) is 0. The molecule has 0 bridgehead atoms. The van der Waals surface area contributed by atoms with E-state index in [4.69, 9.17) is 14.0 Å². The third kappa shape index (κ3) is 3.38. The van der Waals surface area contributed by atoms with Crippen molar-refractivity contribution >= 4 is 29.6 Å². The number of hydrogen-bond acceptors (Lipinski definition) is 4. The van der Waals surface area contributed by atoms with Crippen LogP contribution in [0.4, 0.5) is 17.1 Å². The van der Waals surface area contributed by atoms with Gasteiger partial charge < -0.3 is 18.9 Å². The lowest BCUT2D eigenvalue weighted by molar-refractivity contribution is 0.00578. The van der Waals surface area contributed by atoms with Crippen LogP contribution in [-0.2, 0) is 14.7 Å². The lowest BCUT2D eigenvalue weighted by atomic mass is 9.60. The Bertz CT molecular complexity index is 1780. The topological polar surface area (TPSA) is 30.9 Å². The van der Waals surface area contributed by atoms with Crippen LogP contribution < -0.4 is 15.1 Å². The minimum atomic E-state index is -0.586. The first-order valence-electron chi connectivity index (χ1n) is 14.6. The molecule has 0 atom stereocenters. The first-order valence-corrected chi connectivity index (χ1v) is 14.6. The van der Waals surface area contributed by atoms with Gasteiger partial charge in [-0.3, -0.25) is 0 Å². The van der Waals surface area contributed by atoms with Crippen LogP contribution >= 0.6 is 0 Å². The Hall–Kier alpha value is -4.32. The molecule has 42 heavy (non-hydrogen) atoms. The summed E-state index contributed by atoms with van der Waals surface area (Å²) in [6.45, 7) is 8.34. The van der Waals surface area contributed by atoms with E-state index in [0.29, 0.717) is 0 Å². The fraction of sp³-hybridized carbons (Fsp3) is 0.189. The van der Waals surface area contributed by atoms with Gasteiger partial charge in [0.1, 0.15) is 11.5 Å². The Morgan fingerprint density at radius 1 is 0.524 bits per heavy atom. The molecule has 1 saturated heterocycles. The second-order valence-electron chi connectivity index (χ2n) is 12.4. The van der Waals surface area contributed by atoms with Gasteiger partial charge in [-0.05, 0) is 80.7 Å². The predicted molar refractivity (Wildman–Crippen MR) is 169 cm³/mol. The molecule has 1 fully saturated rings. The average molecular weight is 549 g/mol. The number of hydrogen-bond donors (Lipinski definition) is 0. The van der Waals surface area contributed by atoms with E-state index in [9.17, 15) is 0 Å². The van der Waals surface area contributed by atoms with E-state index in [2.05, 4.69) is 148 Å². The molecule has 5 heteroatoms. The molecular formula is C37H32BNO3. The van der Waals surface area contributed by atoms with Gasteiger partial charge >= 0.3 is 7.12 Å². The second-order valence-corrected chi connectivity index (χ2v) is 12.4. The molecule has 1 spiro atoms. The minimum absolute atomic E-state index is 0.426. The minimum Gasteiger partial charge on any atom is -0.457 e. The molecule has 0 radical (unpaired) electrons. The molecule has 5 aromatic rings. The van der Waals surface area contributed by atoms with E-state index in [0.717, 1.165) is 45.2 Å². The van der Waals surface area contributed by atoms with E-state index in [1.807, 2.05) is 6.07 Å². The average Bonchev–Trinajstić information content (AvgIpc) is 3.23. The van der Waals surface area contributed by atoms with Crippen molar-refractivity contribution in [3.63, 3.8) is 0 Å². The van der Waals surface area contributed by atoms with Crippen molar-refractivity contribution in [2.24, 2.45) is 0 Å². The van der Waals surface area contributed by atoms with E-state index in [-0.39, 0.29) is 0 Å². The van der Waals surface area contributed by atoms with Crippen LogP contribution in [0.3, 0.4) is 0 Å². The van der Waals surface area contributed by atoms with Crippen molar-refractivity contribution in [1.82, 2.24) is 0 Å². The fourth-order valence-corrected chi connectivity index (χ4v) is 6.87. The molecule has 8 rings (SSSR count). The number of fused-ring (bicyclic) bond motifs is 8. The molecule has 3 heterocycles. The van der Waals surface area contributed by atoms with Gasteiger partial charge in [0.2, 0.25) is 0 Å². The van der Waals surface area contributed by atoms with Crippen LogP contribution in [0, 0.1) is 0 Å². The summed E-state index contributed by atoms with van der Waals surface area (Å²) >= 11 is 0. The molecule has 3 aliphatic heterocycles. The van der Waals surface area contributed by atoms with Crippen LogP contribution in [0.2, 0.25) is 0 Å². The standard InChI is InChI=1S/C37H32BNO3/c1-35(2)36(3,4)42-38(41-35)25-22-23-30-34(24-25)40-33-21-13-10-18-29(33)37(30)27-16-8-11-19-31(27)39(26-14-6-5-7-15-26)32-20-12-9-17-28(32)37/h5-24H,1-4H3. The van der Waals surface area contributed by atoms with Gasteiger partial charge in [0.25, 0.3) is 0 Å². The highest BCUT2D eigenvalue weighted by Crippen LogP contribution is 2.62. The van der Waals surface area contributed by atoms with Gasteiger partial charge in [-0.15, -0.1) is 0 Å². The summed E-state index contributed by atoms with van der Waals surface area (Å²) in [4.78, 5) is 2.38. The van der Waals surface area contributed by atoms with Crippen LogP contribution in [0.15, 0.2) is 121 Å². The van der Waals surface area contributed by atoms with Crippen molar-refractivity contribution < 1.29 is 14.0 Å². The van der Waals surface area contributed by atoms with Crippen LogP contribution in [-0.4, -0.2) is 18.3 Å². The van der Waals surface area contributed by atoms with Gasteiger partial charge in [-0.1, -0.05) is 84.9 Å². The first kappa shape index (κ1) is 25.4. The SMILES string of the molecule is CC1(C)OB(c2ccc3c(c2)Oc2ccccc2C32c3ccccc3N(c3ccccc3)c3ccccc32)OC1(C)C. The summed E-state index contributed by atoms with van der Waals surface area (Å²) in [5.74, 6) is 1.67. The molecular weight excluding hydrogens is 517 g/mol. The van der Waals surface area contributed by atoms with Crippen molar-refractivity contribution in [3.8, 4) is 11.5 Å².